The SMILES string of the molecule is CN(Cc1cc(N(C)C)nc([C@@H]2CCCNC2)n1)C(=O)CCC1CCCC1. The summed E-state index contributed by atoms with van der Waals surface area (Å²) in [6, 6.07) is 2.01. The minimum Gasteiger partial charge on any atom is -0.363 e. The summed E-state index contributed by atoms with van der Waals surface area (Å²) in [4.78, 5) is 26.0. The molecule has 1 saturated carbocycles. The monoisotopic (exact) mass is 373 g/mol. The molecule has 0 aromatic carbocycles. The molecule has 2 fully saturated rings. The van der Waals surface area contributed by atoms with Gasteiger partial charge in [0.15, 0.2) is 0 Å². The van der Waals surface area contributed by atoms with Crippen LogP contribution < -0.4 is 10.2 Å². The minimum absolute atomic E-state index is 0.229. The van der Waals surface area contributed by atoms with Crippen molar-refractivity contribution < 1.29 is 4.79 Å². The topological polar surface area (TPSA) is 61.4 Å². The molecule has 1 aliphatic carbocycles. The fourth-order valence-corrected chi connectivity index (χ4v) is 4.22. The van der Waals surface area contributed by atoms with Crippen molar-refractivity contribution >= 4 is 11.7 Å². The second-order valence-electron chi connectivity index (χ2n) is 8.45. The summed E-state index contributed by atoms with van der Waals surface area (Å²) in [6.45, 7) is 2.57. The molecule has 3 rings (SSSR count). The Balaban J connectivity index is 1.64. The zero-order valence-electron chi connectivity index (χ0n) is 17.2. The van der Waals surface area contributed by atoms with Gasteiger partial charge in [-0.2, -0.15) is 0 Å². The van der Waals surface area contributed by atoms with E-state index in [1.165, 1.54) is 25.7 Å². The van der Waals surface area contributed by atoms with E-state index in [1.807, 2.05) is 37.0 Å². The number of aromatic nitrogens is 2. The highest BCUT2D eigenvalue weighted by atomic mass is 16.2. The lowest BCUT2D eigenvalue weighted by Crippen LogP contribution is -2.31. The second-order valence-corrected chi connectivity index (χ2v) is 8.45. The highest BCUT2D eigenvalue weighted by Crippen LogP contribution is 2.29. The summed E-state index contributed by atoms with van der Waals surface area (Å²) in [5, 5.41) is 3.45. The third kappa shape index (κ3) is 5.64. The predicted molar refractivity (Wildman–Crippen MR) is 109 cm³/mol. The van der Waals surface area contributed by atoms with Crippen LogP contribution in [-0.2, 0) is 11.3 Å². The van der Waals surface area contributed by atoms with Gasteiger partial charge in [0.25, 0.3) is 0 Å². The molecule has 1 N–H and O–H groups in total. The third-order valence-corrected chi connectivity index (χ3v) is 5.97. The van der Waals surface area contributed by atoms with Gasteiger partial charge in [-0.25, -0.2) is 9.97 Å². The van der Waals surface area contributed by atoms with Gasteiger partial charge in [-0.3, -0.25) is 4.79 Å². The molecular formula is C21H35N5O. The van der Waals surface area contributed by atoms with Gasteiger partial charge in [0, 0.05) is 46.1 Å². The van der Waals surface area contributed by atoms with E-state index in [2.05, 4.69) is 5.32 Å². The molecule has 1 aliphatic heterocycles. The van der Waals surface area contributed by atoms with E-state index in [4.69, 9.17) is 9.97 Å². The molecule has 0 spiro atoms. The van der Waals surface area contributed by atoms with Gasteiger partial charge < -0.3 is 15.1 Å². The number of amides is 1. The molecule has 0 radical (unpaired) electrons. The van der Waals surface area contributed by atoms with Crippen molar-refractivity contribution in [2.45, 2.75) is 63.8 Å². The summed E-state index contributed by atoms with van der Waals surface area (Å²) in [5.74, 6) is 3.18. The van der Waals surface area contributed by atoms with Crippen LogP contribution in [0.1, 0.15) is 68.8 Å². The van der Waals surface area contributed by atoms with Crippen LogP contribution in [0.3, 0.4) is 0 Å². The van der Waals surface area contributed by atoms with Crippen LogP contribution in [0.25, 0.3) is 0 Å². The number of anilines is 1. The van der Waals surface area contributed by atoms with Crippen LogP contribution in [0.2, 0.25) is 0 Å². The Morgan fingerprint density at radius 1 is 1.15 bits per heavy atom. The van der Waals surface area contributed by atoms with Crippen LogP contribution in [0, 0.1) is 5.92 Å². The molecule has 0 bridgehead atoms. The third-order valence-electron chi connectivity index (χ3n) is 5.97. The fraction of sp³-hybridized carbons (Fsp3) is 0.762. The minimum atomic E-state index is 0.229. The van der Waals surface area contributed by atoms with Crippen molar-refractivity contribution in [1.29, 1.82) is 0 Å². The zero-order chi connectivity index (χ0) is 19.2. The molecule has 2 aliphatic rings. The molecule has 1 aromatic heterocycles. The highest BCUT2D eigenvalue weighted by Gasteiger charge is 2.21. The van der Waals surface area contributed by atoms with E-state index in [9.17, 15) is 4.79 Å². The number of carbonyl (C=O) groups excluding carboxylic acids is 1. The average molecular weight is 374 g/mol. The van der Waals surface area contributed by atoms with E-state index in [0.717, 1.165) is 55.6 Å². The Labute approximate surface area is 163 Å². The molecule has 6 heteroatoms. The van der Waals surface area contributed by atoms with Crippen molar-refractivity contribution in [3.05, 3.63) is 17.6 Å². The molecule has 1 aromatic rings. The number of hydrogen-bond donors (Lipinski definition) is 1. The molecule has 1 saturated heterocycles. The summed E-state index contributed by atoms with van der Waals surface area (Å²) in [5.41, 5.74) is 0.936. The quantitative estimate of drug-likeness (QED) is 0.796. The maximum absolute atomic E-state index is 12.6. The second kappa shape index (κ2) is 9.49. The van der Waals surface area contributed by atoms with Crippen molar-refractivity contribution in [3.8, 4) is 0 Å². The molecule has 1 amide bonds. The smallest absolute Gasteiger partial charge is 0.222 e. The first kappa shape index (κ1) is 20.1. The van der Waals surface area contributed by atoms with Crippen LogP contribution in [-0.4, -0.2) is 55.0 Å². The maximum Gasteiger partial charge on any atom is 0.222 e. The lowest BCUT2D eigenvalue weighted by Gasteiger charge is -2.24. The highest BCUT2D eigenvalue weighted by molar-refractivity contribution is 5.75. The van der Waals surface area contributed by atoms with Gasteiger partial charge in [0.2, 0.25) is 5.91 Å². The lowest BCUT2D eigenvalue weighted by atomic mass is 9.98. The number of carbonyl (C=O) groups is 1. The number of nitrogens with zero attached hydrogens (tertiary/aromatic N) is 4. The average Bonchev–Trinajstić information content (AvgIpc) is 3.20. The van der Waals surface area contributed by atoms with E-state index >= 15 is 0 Å². The largest absolute Gasteiger partial charge is 0.363 e. The van der Waals surface area contributed by atoms with E-state index in [-0.39, 0.29) is 5.91 Å². The van der Waals surface area contributed by atoms with Crippen LogP contribution in [0.15, 0.2) is 6.07 Å². The molecule has 150 valence electrons. The number of piperidine rings is 1. The van der Waals surface area contributed by atoms with E-state index < -0.39 is 0 Å². The first-order chi connectivity index (χ1) is 13.0. The zero-order valence-corrected chi connectivity index (χ0v) is 17.2. The normalized spacial score (nSPS) is 20.6. The summed E-state index contributed by atoms with van der Waals surface area (Å²) >= 11 is 0. The number of hydrogen-bond acceptors (Lipinski definition) is 5. The summed E-state index contributed by atoms with van der Waals surface area (Å²) < 4.78 is 0. The standard InChI is InChI=1S/C21H35N5O/c1-25(2)19-13-18(23-21(24-19)17-9-6-12-22-14-17)15-26(3)20(27)11-10-16-7-4-5-8-16/h13,16-17,22H,4-12,14-15H2,1-3H3/t17-/m1/s1. The first-order valence-electron chi connectivity index (χ1n) is 10.5. The number of rotatable bonds is 7. The van der Waals surface area contributed by atoms with Gasteiger partial charge in [-0.15, -0.1) is 0 Å². The Morgan fingerprint density at radius 2 is 1.93 bits per heavy atom. The van der Waals surface area contributed by atoms with E-state index in [0.29, 0.717) is 18.9 Å². The number of nitrogens with one attached hydrogen (secondary N) is 1. The van der Waals surface area contributed by atoms with Crippen LogP contribution in [0.4, 0.5) is 5.82 Å². The summed E-state index contributed by atoms with van der Waals surface area (Å²) in [7, 11) is 5.91. The summed E-state index contributed by atoms with van der Waals surface area (Å²) in [6.07, 6.45) is 9.25. The van der Waals surface area contributed by atoms with Gasteiger partial charge in [0.05, 0.1) is 12.2 Å². The maximum atomic E-state index is 12.6. The van der Waals surface area contributed by atoms with Gasteiger partial charge >= 0.3 is 0 Å². The Bertz CT molecular complexity index is 621. The first-order valence-corrected chi connectivity index (χ1v) is 10.5. The molecular weight excluding hydrogens is 338 g/mol. The molecule has 0 unspecified atom stereocenters. The predicted octanol–water partition coefficient (Wildman–Crippen LogP) is 2.94. The van der Waals surface area contributed by atoms with Crippen molar-refractivity contribution in [3.63, 3.8) is 0 Å². The van der Waals surface area contributed by atoms with Crippen LogP contribution in [0.5, 0.6) is 0 Å². The lowest BCUT2D eigenvalue weighted by molar-refractivity contribution is -0.130. The molecule has 1 atom stereocenters. The molecule has 27 heavy (non-hydrogen) atoms. The Kier molecular flexibility index (Phi) is 7.05. The van der Waals surface area contributed by atoms with Gasteiger partial charge in [-0.1, -0.05) is 25.7 Å². The van der Waals surface area contributed by atoms with Crippen molar-refractivity contribution in [2.24, 2.45) is 5.92 Å². The van der Waals surface area contributed by atoms with Gasteiger partial charge in [-0.05, 0) is 31.7 Å². The van der Waals surface area contributed by atoms with Crippen LogP contribution >= 0.6 is 0 Å². The Hall–Kier alpha value is -1.69. The fourth-order valence-electron chi connectivity index (χ4n) is 4.22. The van der Waals surface area contributed by atoms with Crippen molar-refractivity contribution in [2.75, 3.05) is 39.1 Å². The van der Waals surface area contributed by atoms with Gasteiger partial charge in [0.1, 0.15) is 11.6 Å². The molecule has 2 heterocycles. The van der Waals surface area contributed by atoms with Crippen molar-refractivity contribution in [1.82, 2.24) is 20.2 Å². The Morgan fingerprint density at radius 3 is 2.59 bits per heavy atom. The van der Waals surface area contributed by atoms with E-state index in [1.54, 1.807) is 0 Å². The molecule has 6 nitrogen and oxygen atoms in total.